The molecule has 158 valence electrons. The number of hydrogen-bond donors (Lipinski definition) is 1. The van der Waals surface area contributed by atoms with Crippen LogP contribution in [0.25, 0.3) is 0 Å². The topological polar surface area (TPSA) is 95.6 Å². The van der Waals surface area contributed by atoms with E-state index in [0.29, 0.717) is 23.1 Å². The second-order valence-corrected chi connectivity index (χ2v) is 7.10. The Hall–Kier alpha value is -3.26. The second-order valence-electron chi connectivity index (χ2n) is 6.67. The second kappa shape index (κ2) is 9.49. The SMILES string of the molecule is CCn1cc(NC(=O)c2ccc(COc3cccc(Cl)c3)o2)c(C(=O)OC(C)C)n1. The largest absolute Gasteiger partial charge is 0.486 e. The van der Waals surface area contributed by atoms with Gasteiger partial charge in [-0.2, -0.15) is 5.10 Å². The maximum absolute atomic E-state index is 12.6. The summed E-state index contributed by atoms with van der Waals surface area (Å²) in [5, 5.41) is 7.39. The van der Waals surface area contributed by atoms with E-state index in [-0.39, 0.29) is 29.9 Å². The van der Waals surface area contributed by atoms with Gasteiger partial charge in [0.15, 0.2) is 11.5 Å². The van der Waals surface area contributed by atoms with Crippen LogP contribution < -0.4 is 10.1 Å². The zero-order valence-corrected chi connectivity index (χ0v) is 17.6. The van der Waals surface area contributed by atoms with E-state index in [1.54, 1.807) is 55.1 Å². The fourth-order valence-electron chi connectivity index (χ4n) is 2.57. The summed E-state index contributed by atoms with van der Waals surface area (Å²) in [5.41, 5.74) is 0.288. The number of benzene rings is 1. The number of esters is 1. The quantitative estimate of drug-likeness (QED) is 0.526. The first kappa shape index (κ1) is 21.4. The van der Waals surface area contributed by atoms with Crippen molar-refractivity contribution in [1.29, 1.82) is 0 Å². The van der Waals surface area contributed by atoms with E-state index < -0.39 is 11.9 Å². The van der Waals surface area contributed by atoms with Crippen LogP contribution in [0.5, 0.6) is 5.75 Å². The van der Waals surface area contributed by atoms with Gasteiger partial charge in [0.25, 0.3) is 5.91 Å². The molecule has 8 nitrogen and oxygen atoms in total. The molecule has 1 amide bonds. The van der Waals surface area contributed by atoms with Crippen molar-refractivity contribution in [2.75, 3.05) is 5.32 Å². The first-order valence-electron chi connectivity index (χ1n) is 9.42. The number of aryl methyl sites for hydroxylation is 1. The number of anilines is 1. The maximum atomic E-state index is 12.6. The highest BCUT2D eigenvalue weighted by Gasteiger charge is 2.22. The van der Waals surface area contributed by atoms with Gasteiger partial charge in [0.1, 0.15) is 18.1 Å². The van der Waals surface area contributed by atoms with Crippen molar-refractivity contribution in [2.24, 2.45) is 0 Å². The summed E-state index contributed by atoms with van der Waals surface area (Å²) in [7, 11) is 0. The smallest absolute Gasteiger partial charge is 0.361 e. The number of nitrogens with zero attached hydrogens (tertiary/aromatic N) is 2. The lowest BCUT2D eigenvalue weighted by Gasteiger charge is -2.07. The summed E-state index contributed by atoms with van der Waals surface area (Å²) in [5.74, 6) is 0.00180. The molecule has 3 aromatic rings. The van der Waals surface area contributed by atoms with Crippen LogP contribution in [0.1, 0.15) is 47.6 Å². The van der Waals surface area contributed by atoms with Crippen LogP contribution in [0.4, 0.5) is 5.69 Å². The highest BCUT2D eigenvalue weighted by atomic mass is 35.5. The Morgan fingerprint density at radius 1 is 1.27 bits per heavy atom. The number of aromatic nitrogens is 2. The third-order valence-electron chi connectivity index (χ3n) is 3.93. The van der Waals surface area contributed by atoms with E-state index >= 15 is 0 Å². The minimum Gasteiger partial charge on any atom is -0.486 e. The average molecular weight is 432 g/mol. The van der Waals surface area contributed by atoms with E-state index in [0.717, 1.165) is 0 Å². The Kier molecular flexibility index (Phi) is 6.79. The van der Waals surface area contributed by atoms with Crippen LogP contribution in [-0.2, 0) is 17.9 Å². The van der Waals surface area contributed by atoms with Crippen LogP contribution in [-0.4, -0.2) is 27.8 Å². The van der Waals surface area contributed by atoms with Crippen LogP contribution in [0.2, 0.25) is 5.02 Å². The molecule has 3 rings (SSSR count). The zero-order chi connectivity index (χ0) is 21.7. The number of nitrogens with one attached hydrogen (secondary N) is 1. The number of halogens is 1. The van der Waals surface area contributed by atoms with E-state index in [9.17, 15) is 9.59 Å². The fourth-order valence-corrected chi connectivity index (χ4v) is 2.75. The van der Waals surface area contributed by atoms with Crippen molar-refractivity contribution in [1.82, 2.24) is 9.78 Å². The first-order chi connectivity index (χ1) is 14.4. The molecule has 0 radical (unpaired) electrons. The molecule has 0 saturated heterocycles. The van der Waals surface area contributed by atoms with Gasteiger partial charge in [-0.1, -0.05) is 17.7 Å². The van der Waals surface area contributed by atoms with Crippen LogP contribution in [0.15, 0.2) is 47.0 Å². The fraction of sp³-hybridized carbons (Fsp3) is 0.286. The van der Waals surface area contributed by atoms with Crippen molar-refractivity contribution < 1.29 is 23.5 Å². The van der Waals surface area contributed by atoms with Crippen molar-refractivity contribution in [3.63, 3.8) is 0 Å². The number of carbonyl (C=O) groups is 2. The molecule has 0 bridgehead atoms. The Morgan fingerprint density at radius 2 is 2.07 bits per heavy atom. The van der Waals surface area contributed by atoms with E-state index in [1.807, 2.05) is 6.92 Å². The Bertz CT molecular complexity index is 1040. The Morgan fingerprint density at radius 3 is 2.77 bits per heavy atom. The van der Waals surface area contributed by atoms with Crippen molar-refractivity contribution in [3.05, 3.63) is 64.8 Å². The monoisotopic (exact) mass is 431 g/mol. The summed E-state index contributed by atoms with van der Waals surface area (Å²) in [6.07, 6.45) is 1.26. The number of rotatable bonds is 8. The highest BCUT2D eigenvalue weighted by molar-refractivity contribution is 6.30. The molecule has 9 heteroatoms. The third-order valence-corrected chi connectivity index (χ3v) is 4.17. The first-order valence-corrected chi connectivity index (χ1v) is 9.80. The number of furan rings is 1. The van der Waals surface area contributed by atoms with Gasteiger partial charge >= 0.3 is 5.97 Å². The van der Waals surface area contributed by atoms with Gasteiger partial charge in [0, 0.05) is 17.8 Å². The van der Waals surface area contributed by atoms with Gasteiger partial charge in [-0.05, 0) is 51.1 Å². The summed E-state index contributed by atoms with van der Waals surface area (Å²) >= 11 is 5.93. The minimum atomic E-state index is -0.609. The summed E-state index contributed by atoms with van der Waals surface area (Å²) in [4.78, 5) is 24.9. The normalized spacial score (nSPS) is 10.8. The van der Waals surface area contributed by atoms with Gasteiger partial charge in [-0.15, -0.1) is 0 Å². The minimum absolute atomic E-state index is 0.0370. The molecule has 0 fully saturated rings. The van der Waals surface area contributed by atoms with Crippen LogP contribution >= 0.6 is 11.6 Å². The number of ether oxygens (including phenoxy) is 2. The number of hydrogen-bond acceptors (Lipinski definition) is 6. The predicted molar refractivity (Wildman–Crippen MR) is 111 cm³/mol. The molecular formula is C21H22ClN3O5. The summed E-state index contributed by atoms with van der Waals surface area (Å²) in [6.45, 7) is 6.01. The summed E-state index contributed by atoms with van der Waals surface area (Å²) in [6, 6.07) is 10.1. The molecule has 0 spiro atoms. The molecule has 1 aromatic carbocycles. The lowest BCUT2D eigenvalue weighted by Crippen LogP contribution is -2.17. The molecule has 30 heavy (non-hydrogen) atoms. The predicted octanol–water partition coefficient (Wildman–Crippen LogP) is 4.55. The molecule has 0 aliphatic rings. The standard InChI is InChI=1S/C21H22ClN3O5/c1-4-25-11-17(19(24-25)21(27)29-13(2)3)23-20(26)18-9-8-16(30-18)12-28-15-7-5-6-14(22)10-15/h5-11,13H,4,12H2,1-3H3,(H,23,26). The molecule has 0 aliphatic heterocycles. The zero-order valence-electron chi connectivity index (χ0n) is 16.8. The number of amides is 1. The van der Waals surface area contributed by atoms with Gasteiger partial charge in [0.2, 0.25) is 0 Å². The summed E-state index contributed by atoms with van der Waals surface area (Å²) < 4.78 is 17.9. The maximum Gasteiger partial charge on any atom is 0.361 e. The average Bonchev–Trinajstić information content (AvgIpc) is 3.33. The van der Waals surface area contributed by atoms with Crippen LogP contribution in [0, 0.1) is 0 Å². The third kappa shape index (κ3) is 5.42. The van der Waals surface area contributed by atoms with Gasteiger partial charge in [0.05, 0.1) is 11.8 Å². The number of carbonyl (C=O) groups excluding carboxylic acids is 2. The molecular weight excluding hydrogens is 410 g/mol. The van der Waals surface area contributed by atoms with Crippen molar-refractivity contribution >= 4 is 29.2 Å². The molecule has 2 heterocycles. The van der Waals surface area contributed by atoms with E-state index in [1.165, 1.54) is 6.07 Å². The lowest BCUT2D eigenvalue weighted by atomic mass is 10.3. The Balaban J connectivity index is 1.68. The molecule has 0 saturated carbocycles. The molecule has 0 atom stereocenters. The molecule has 0 aliphatic carbocycles. The molecule has 0 unspecified atom stereocenters. The lowest BCUT2D eigenvalue weighted by molar-refractivity contribution is 0.0371. The van der Waals surface area contributed by atoms with Gasteiger partial charge < -0.3 is 19.2 Å². The van der Waals surface area contributed by atoms with Crippen LogP contribution in [0.3, 0.4) is 0 Å². The molecule has 1 N–H and O–H groups in total. The van der Waals surface area contributed by atoms with Gasteiger partial charge in [-0.25, -0.2) is 4.79 Å². The van der Waals surface area contributed by atoms with E-state index in [4.69, 9.17) is 25.5 Å². The van der Waals surface area contributed by atoms with E-state index in [2.05, 4.69) is 10.4 Å². The Labute approximate surface area is 178 Å². The van der Waals surface area contributed by atoms with Crippen molar-refractivity contribution in [3.8, 4) is 5.75 Å². The van der Waals surface area contributed by atoms with Crippen molar-refractivity contribution in [2.45, 2.75) is 40.0 Å². The van der Waals surface area contributed by atoms with Gasteiger partial charge in [-0.3, -0.25) is 9.48 Å². The highest BCUT2D eigenvalue weighted by Crippen LogP contribution is 2.20. The molecule has 2 aromatic heterocycles.